The van der Waals surface area contributed by atoms with Crippen molar-refractivity contribution in [3.05, 3.63) is 18.0 Å². The van der Waals surface area contributed by atoms with Gasteiger partial charge in [-0.1, -0.05) is 6.92 Å². The van der Waals surface area contributed by atoms with Crippen LogP contribution in [-0.4, -0.2) is 59.3 Å². The fourth-order valence-electron chi connectivity index (χ4n) is 2.86. The largest absolute Gasteiger partial charge is 0.370 e. The van der Waals surface area contributed by atoms with Crippen molar-refractivity contribution in [3.8, 4) is 0 Å². The van der Waals surface area contributed by atoms with E-state index in [0.29, 0.717) is 18.4 Å². The Morgan fingerprint density at radius 1 is 1.57 bits per heavy atom. The molecular weight excluding hydrogens is 264 g/mol. The Labute approximate surface area is 127 Å². The lowest BCUT2D eigenvalue weighted by Gasteiger charge is -2.32. The van der Waals surface area contributed by atoms with Gasteiger partial charge in [-0.15, -0.1) is 0 Å². The molecule has 2 rings (SSSR count). The van der Waals surface area contributed by atoms with Crippen LogP contribution in [0, 0.1) is 5.92 Å². The van der Waals surface area contributed by atoms with Gasteiger partial charge >= 0.3 is 0 Å². The fourth-order valence-corrected chi connectivity index (χ4v) is 2.86. The highest BCUT2D eigenvalue weighted by Crippen LogP contribution is 2.18. The minimum Gasteiger partial charge on any atom is -0.370 e. The number of nitrogens with two attached hydrogens (primary N) is 1. The molecule has 21 heavy (non-hydrogen) atoms. The molecule has 1 saturated heterocycles. The van der Waals surface area contributed by atoms with Crippen molar-refractivity contribution in [1.82, 2.24) is 19.6 Å². The molecule has 1 aromatic heterocycles. The summed E-state index contributed by atoms with van der Waals surface area (Å²) < 4.78 is 1.82. The Morgan fingerprint density at radius 2 is 2.33 bits per heavy atom. The molecule has 0 aromatic carbocycles. The van der Waals surface area contributed by atoms with Gasteiger partial charge in [0.15, 0.2) is 5.96 Å². The van der Waals surface area contributed by atoms with Crippen LogP contribution in [0.2, 0.25) is 0 Å². The zero-order valence-corrected chi connectivity index (χ0v) is 13.7. The SMILES string of the molecule is CC1CCCN(C(N)=NCC(c2cnn(C)c2)N(C)C)C1. The number of hydrogen-bond donors (Lipinski definition) is 1. The number of hydrogen-bond acceptors (Lipinski definition) is 3. The smallest absolute Gasteiger partial charge is 0.191 e. The summed E-state index contributed by atoms with van der Waals surface area (Å²) in [5.74, 6) is 1.38. The van der Waals surface area contributed by atoms with Crippen LogP contribution < -0.4 is 5.73 Å². The third kappa shape index (κ3) is 4.20. The number of aryl methyl sites for hydroxylation is 1. The molecule has 6 nitrogen and oxygen atoms in total. The molecule has 0 radical (unpaired) electrons. The zero-order valence-electron chi connectivity index (χ0n) is 13.7. The quantitative estimate of drug-likeness (QED) is 0.666. The van der Waals surface area contributed by atoms with Crippen molar-refractivity contribution in [2.24, 2.45) is 23.7 Å². The summed E-state index contributed by atoms with van der Waals surface area (Å²) >= 11 is 0. The van der Waals surface area contributed by atoms with Gasteiger partial charge in [-0.05, 0) is 32.9 Å². The first kappa shape index (κ1) is 15.8. The number of aliphatic imine (C=N–C) groups is 1. The van der Waals surface area contributed by atoms with Crippen LogP contribution in [0.3, 0.4) is 0 Å². The summed E-state index contributed by atoms with van der Waals surface area (Å²) in [6, 6.07) is 0.208. The van der Waals surface area contributed by atoms with Crippen LogP contribution >= 0.6 is 0 Å². The van der Waals surface area contributed by atoms with Crippen molar-refractivity contribution < 1.29 is 0 Å². The average molecular weight is 292 g/mol. The van der Waals surface area contributed by atoms with E-state index in [1.807, 2.05) is 24.1 Å². The summed E-state index contributed by atoms with van der Waals surface area (Å²) in [7, 11) is 6.06. The molecule has 118 valence electrons. The molecule has 0 amide bonds. The first-order chi connectivity index (χ1) is 9.97. The van der Waals surface area contributed by atoms with Gasteiger partial charge in [0.1, 0.15) is 0 Å². The highest BCUT2D eigenvalue weighted by Gasteiger charge is 2.19. The maximum Gasteiger partial charge on any atom is 0.191 e. The minimum absolute atomic E-state index is 0.208. The van der Waals surface area contributed by atoms with Gasteiger partial charge in [-0.2, -0.15) is 5.10 Å². The molecule has 1 aliphatic rings. The van der Waals surface area contributed by atoms with Crippen molar-refractivity contribution >= 4 is 5.96 Å². The van der Waals surface area contributed by atoms with E-state index in [0.717, 1.165) is 13.1 Å². The molecule has 2 unspecified atom stereocenters. The molecule has 0 saturated carbocycles. The van der Waals surface area contributed by atoms with Gasteiger partial charge in [0, 0.05) is 31.9 Å². The maximum absolute atomic E-state index is 6.18. The van der Waals surface area contributed by atoms with E-state index in [9.17, 15) is 0 Å². The van der Waals surface area contributed by atoms with Crippen LogP contribution in [0.15, 0.2) is 17.4 Å². The number of rotatable bonds is 4. The number of aromatic nitrogens is 2. The van der Waals surface area contributed by atoms with Crippen LogP contribution in [0.1, 0.15) is 31.4 Å². The first-order valence-corrected chi connectivity index (χ1v) is 7.67. The molecule has 2 N–H and O–H groups in total. The molecule has 2 atom stereocenters. The highest BCUT2D eigenvalue weighted by atomic mass is 15.3. The summed E-state index contributed by atoms with van der Waals surface area (Å²) in [6.07, 6.45) is 6.44. The van der Waals surface area contributed by atoms with E-state index < -0.39 is 0 Å². The van der Waals surface area contributed by atoms with Gasteiger partial charge in [0.05, 0.1) is 18.8 Å². The Morgan fingerprint density at radius 3 is 2.90 bits per heavy atom. The van der Waals surface area contributed by atoms with Crippen molar-refractivity contribution in [1.29, 1.82) is 0 Å². The fraction of sp³-hybridized carbons (Fsp3) is 0.733. The topological polar surface area (TPSA) is 62.7 Å². The number of likely N-dealkylation sites (tertiary alicyclic amines) is 1. The van der Waals surface area contributed by atoms with Gasteiger partial charge < -0.3 is 15.5 Å². The second kappa shape index (κ2) is 6.93. The maximum atomic E-state index is 6.18. The van der Waals surface area contributed by atoms with Crippen molar-refractivity contribution in [3.63, 3.8) is 0 Å². The van der Waals surface area contributed by atoms with Crippen LogP contribution in [0.4, 0.5) is 0 Å². The predicted octanol–water partition coefficient (Wildman–Crippen LogP) is 1.07. The lowest BCUT2D eigenvalue weighted by Crippen LogP contribution is -2.43. The highest BCUT2D eigenvalue weighted by molar-refractivity contribution is 5.78. The first-order valence-electron chi connectivity index (χ1n) is 7.67. The number of guanidine groups is 1. The number of piperidine rings is 1. The second-order valence-electron chi connectivity index (χ2n) is 6.32. The van der Waals surface area contributed by atoms with E-state index >= 15 is 0 Å². The van der Waals surface area contributed by atoms with Gasteiger partial charge in [0.2, 0.25) is 0 Å². The third-order valence-electron chi connectivity index (χ3n) is 4.14. The molecule has 1 aromatic rings. The van der Waals surface area contributed by atoms with Crippen molar-refractivity contribution in [2.45, 2.75) is 25.8 Å². The Balaban J connectivity index is 2.02. The monoisotopic (exact) mass is 292 g/mol. The van der Waals surface area contributed by atoms with E-state index in [-0.39, 0.29) is 6.04 Å². The molecule has 0 bridgehead atoms. The Bertz CT molecular complexity index is 478. The molecule has 6 heteroatoms. The van der Waals surface area contributed by atoms with E-state index in [2.05, 4.69) is 40.9 Å². The summed E-state index contributed by atoms with van der Waals surface area (Å²) in [5.41, 5.74) is 7.35. The molecular formula is C15H28N6. The summed E-state index contributed by atoms with van der Waals surface area (Å²) in [4.78, 5) is 9.00. The summed E-state index contributed by atoms with van der Waals surface area (Å²) in [5, 5.41) is 4.25. The van der Waals surface area contributed by atoms with Gasteiger partial charge in [-0.3, -0.25) is 9.67 Å². The van der Waals surface area contributed by atoms with Gasteiger partial charge in [0.25, 0.3) is 0 Å². The minimum atomic E-state index is 0.208. The molecule has 1 aliphatic heterocycles. The van der Waals surface area contributed by atoms with Crippen LogP contribution in [-0.2, 0) is 7.05 Å². The van der Waals surface area contributed by atoms with Crippen LogP contribution in [0.25, 0.3) is 0 Å². The lowest BCUT2D eigenvalue weighted by molar-refractivity contribution is 0.267. The van der Waals surface area contributed by atoms with Crippen molar-refractivity contribution in [2.75, 3.05) is 33.7 Å². The summed E-state index contributed by atoms with van der Waals surface area (Å²) in [6.45, 7) is 4.99. The van der Waals surface area contributed by atoms with Gasteiger partial charge in [-0.25, -0.2) is 0 Å². The zero-order chi connectivity index (χ0) is 15.4. The number of likely N-dealkylation sites (N-methyl/N-ethyl adjacent to an activating group) is 1. The Hall–Kier alpha value is -1.56. The van der Waals surface area contributed by atoms with E-state index in [4.69, 9.17) is 5.73 Å². The standard InChI is InChI=1S/C15H28N6/c1-12-6-5-7-21(10-12)15(16)17-9-14(19(2)3)13-8-18-20(4)11-13/h8,11-12,14H,5-7,9-10H2,1-4H3,(H2,16,17). The lowest BCUT2D eigenvalue weighted by atomic mass is 10.0. The van der Waals surface area contributed by atoms with E-state index in [1.54, 1.807) is 0 Å². The normalized spacial score (nSPS) is 21.9. The number of nitrogens with zero attached hydrogens (tertiary/aromatic N) is 5. The molecule has 2 heterocycles. The molecule has 0 aliphatic carbocycles. The Kier molecular flexibility index (Phi) is 5.22. The average Bonchev–Trinajstić information content (AvgIpc) is 2.85. The third-order valence-corrected chi connectivity index (χ3v) is 4.14. The molecule has 1 fully saturated rings. The predicted molar refractivity (Wildman–Crippen MR) is 86.1 cm³/mol. The van der Waals surface area contributed by atoms with Crippen LogP contribution in [0.5, 0.6) is 0 Å². The molecule has 0 spiro atoms. The van der Waals surface area contributed by atoms with E-state index in [1.165, 1.54) is 18.4 Å². The second-order valence-corrected chi connectivity index (χ2v) is 6.32.